The normalized spacial score (nSPS) is 16.2. The summed E-state index contributed by atoms with van der Waals surface area (Å²) in [6.07, 6.45) is 0.892. The highest BCUT2D eigenvalue weighted by molar-refractivity contribution is 7.10. The van der Waals surface area contributed by atoms with Crippen LogP contribution < -0.4 is 4.90 Å². The quantitative estimate of drug-likeness (QED) is 0.801. The van der Waals surface area contributed by atoms with Crippen molar-refractivity contribution in [1.82, 2.24) is 14.2 Å². The van der Waals surface area contributed by atoms with Gasteiger partial charge in [-0.15, -0.1) is 5.92 Å². The number of hydrogen-bond donors (Lipinski definition) is 0. The predicted molar refractivity (Wildman–Crippen MR) is 91.0 cm³/mol. The van der Waals surface area contributed by atoms with Crippen molar-refractivity contribution in [1.29, 1.82) is 0 Å². The van der Waals surface area contributed by atoms with Crippen LogP contribution in [0.15, 0.2) is 0 Å². The van der Waals surface area contributed by atoms with Crippen LogP contribution in [0.5, 0.6) is 0 Å². The number of amides is 2. The lowest BCUT2D eigenvalue weighted by Crippen LogP contribution is -2.60. The van der Waals surface area contributed by atoms with E-state index in [2.05, 4.69) is 35.0 Å². The van der Waals surface area contributed by atoms with Gasteiger partial charge in [-0.3, -0.25) is 9.80 Å². The number of hydrogen-bond acceptors (Lipinski definition) is 4. The van der Waals surface area contributed by atoms with Crippen molar-refractivity contribution in [2.75, 3.05) is 24.8 Å². The van der Waals surface area contributed by atoms with E-state index in [0.29, 0.717) is 19.9 Å². The second-order valence-electron chi connectivity index (χ2n) is 5.73. The molecule has 6 heteroatoms. The molecule has 1 aromatic heterocycles. The first-order chi connectivity index (χ1) is 10.5. The summed E-state index contributed by atoms with van der Waals surface area (Å²) >= 11 is 1.42. The van der Waals surface area contributed by atoms with Crippen molar-refractivity contribution in [3.05, 3.63) is 11.3 Å². The largest absolute Gasteiger partial charge is 0.327 e. The highest BCUT2D eigenvalue weighted by Gasteiger charge is 2.34. The van der Waals surface area contributed by atoms with Gasteiger partial charge in [0.1, 0.15) is 5.00 Å². The average molecular weight is 320 g/mol. The molecule has 1 aliphatic rings. The lowest BCUT2D eigenvalue weighted by atomic mass is 10.2. The second-order valence-corrected chi connectivity index (χ2v) is 6.48. The molecular weight excluding hydrogens is 296 g/mol. The maximum absolute atomic E-state index is 12.8. The molecule has 2 heterocycles. The molecule has 0 bridgehead atoms. The molecule has 0 aromatic carbocycles. The molecule has 2 rings (SSSR count). The molecule has 0 saturated carbocycles. The van der Waals surface area contributed by atoms with E-state index >= 15 is 0 Å². The van der Waals surface area contributed by atoms with E-state index in [4.69, 9.17) is 0 Å². The predicted octanol–water partition coefficient (Wildman–Crippen LogP) is 2.90. The summed E-state index contributed by atoms with van der Waals surface area (Å²) in [5.74, 6) is 6.02. The molecule has 0 spiro atoms. The van der Waals surface area contributed by atoms with Crippen molar-refractivity contribution in [2.24, 2.45) is 0 Å². The molecule has 0 unspecified atom stereocenters. The van der Waals surface area contributed by atoms with Gasteiger partial charge >= 0.3 is 6.03 Å². The third-order valence-corrected chi connectivity index (χ3v) is 4.86. The zero-order chi connectivity index (χ0) is 16.3. The summed E-state index contributed by atoms with van der Waals surface area (Å²) in [5, 5.41) is 0.960. The van der Waals surface area contributed by atoms with E-state index in [0.717, 1.165) is 22.7 Å². The Hall–Kier alpha value is -1.58. The van der Waals surface area contributed by atoms with Crippen molar-refractivity contribution < 1.29 is 4.79 Å². The molecule has 0 atom stereocenters. The molecular formula is C16H24N4OS. The summed E-state index contributed by atoms with van der Waals surface area (Å²) in [6, 6.07) is 0.219. The van der Waals surface area contributed by atoms with Crippen LogP contribution in [0, 0.1) is 18.8 Å². The Morgan fingerprint density at radius 1 is 1.36 bits per heavy atom. The number of aryl methyl sites for hydroxylation is 1. The molecule has 0 aliphatic carbocycles. The number of rotatable bonds is 4. The SMILES string of the molecule is CC#CCN1CN(c2snc(CC)c2C)C(=O)N(C(C)C)C1. The molecule has 1 fully saturated rings. The molecule has 1 aromatic rings. The standard InChI is InChI=1S/C16H24N4OS/c1-6-8-9-18-10-19(12(3)4)16(21)20(11-18)15-13(5)14(7-2)17-22-15/h12H,7,9-11H2,1-5H3. The van der Waals surface area contributed by atoms with Gasteiger partial charge in [-0.25, -0.2) is 4.79 Å². The topological polar surface area (TPSA) is 39.7 Å². The van der Waals surface area contributed by atoms with Crippen molar-refractivity contribution in [3.8, 4) is 11.8 Å². The Kier molecular flexibility index (Phi) is 5.43. The Morgan fingerprint density at radius 3 is 2.64 bits per heavy atom. The Labute approximate surface area is 137 Å². The van der Waals surface area contributed by atoms with Crippen molar-refractivity contribution in [3.63, 3.8) is 0 Å². The minimum atomic E-state index is 0.0603. The van der Waals surface area contributed by atoms with Gasteiger partial charge in [0, 0.05) is 11.6 Å². The van der Waals surface area contributed by atoms with E-state index in [-0.39, 0.29) is 12.1 Å². The number of carbonyl (C=O) groups is 1. The summed E-state index contributed by atoms with van der Waals surface area (Å²) in [5.41, 5.74) is 2.20. The fourth-order valence-electron chi connectivity index (χ4n) is 2.50. The third-order valence-electron chi connectivity index (χ3n) is 3.85. The van der Waals surface area contributed by atoms with Gasteiger partial charge in [-0.05, 0) is 45.6 Å². The monoisotopic (exact) mass is 320 g/mol. The van der Waals surface area contributed by atoms with Gasteiger partial charge in [0.05, 0.1) is 25.6 Å². The summed E-state index contributed by atoms with van der Waals surface area (Å²) in [7, 11) is 0. The number of nitrogens with zero attached hydrogens (tertiary/aromatic N) is 4. The first-order valence-electron chi connectivity index (χ1n) is 7.64. The Balaban J connectivity index is 2.31. The van der Waals surface area contributed by atoms with Crippen molar-refractivity contribution in [2.45, 2.75) is 47.1 Å². The molecule has 1 aliphatic heterocycles. The van der Waals surface area contributed by atoms with E-state index in [1.54, 1.807) is 0 Å². The third kappa shape index (κ3) is 3.26. The van der Waals surface area contributed by atoms with Gasteiger partial charge < -0.3 is 4.90 Å². The summed E-state index contributed by atoms with van der Waals surface area (Å²) in [6.45, 7) is 11.9. The van der Waals surface area contributed by atoms with E-state index in [1.165, 1.54) is 11.5 Å². The number of aromatic nitrogens is 1. The fraction of sp³-hybridized carbons (Fsp3) is 0.625. The van der Waals surface area contributed by atoms with Gasteiger partial charge in [0.15, 0.2) is 0 Å². The lowest BCUT2D eigenvalue weighted by molar-refractivity contribution is 0.107. The average Bonchev–Trinajstić information content (AvgIpc) is 2.86. The van der Waals surface area contributed by atoms with Crippen LogP contribution in [-0.2, 0) is 6.42 Å². The summed E-state index contributed by atoms with van der Waals surface area (Å²) < 4.78 is 4.48. The van der Waals surface area contributed by atoms with Gasteiger partial charge in [0.2, 0.25) is 0 Å². The Bertz CT molecular complexity index is 599. The second kappa shape index (κ2) is 7.12. The smallest absolute Gasteiger partial charge is 0.309 e. The zero-order valence-corrected chi connectivity index (χ0v) is 14.8. The molecule has 1 saturated heterocycles. The molecule has 22 heavy (non-hydrogen) atoms. The lowest BCUT2D eigenvalue weighted by Gasteiger charge is -2.42. The Morgan fingerprint density at radius 2 is 2.09 bits per heavy atom. The van der Waals surface area contributed by atoms with Gasteiger partial charge in [0.25, 0.3) is 0 Å². The van der Waals surface area contributed by atoms with Crippen LogP contribution in [0.1, 0.15) is 39.0 Å². The zero-order valence-electron chi connectivity index (χ0n) is 14.0. The van der Waals surface area contributed by atoms with E-state index < -0.39 is 0 Å². The minimum absolute atomic E-state index is 0.0603. The van der Waals surface area contributed by atoms with Crippen LogP contribution in [0.4, 0.5) is 9.80 Å². The highest BCUT2D eigenvalue weighted by atomic mass is 32.1. The van der Waals surface area contributed by atoms with Crippen LogP contribution in [-0.4, -0.2) is 46.1 Å². The number of urea groups is 1. The molecule has 120 valence electrons. The molecule has 0 N–H and O–H groups in total. The maximum Gasteiger partial charge on any atom is 0.327 e. The highest BCUT2D eigenvalue weighted by Crippen LogP contribution is 2.31. The molecule has 0 radical (unpaired) electrons. The van der Waals surface area contributed by atoms with Gasteiger partial charge in [-0.2, -0.15) is 4.37 Å². The van der Waals surface area contributed by atoms with Crippen LogP contribution in [0.2, 0.25) is 0 Å². The van der Waals surface area contributed by atoms with Crippen molar-refractivity contribution >= 4 is 22.6 Å². The molecule has 5 nitrogen and oxygen atoms in total. The summed E-state index contributed by atoms with van der Waals surface area (Å²) in [4.78, 5) is 18.7. The van der Waals surface area contributed by atoms with E-state index in [9.17, 15) is 4.79 Å². The van der Waals surface area contributed by atoms with Gasteiger partial charge in [-0.1, -0.05) is 12.8 Å². The maximum atomic E-state index is 12.8. The minimum Gasteiger partial charge on any atom is -0.309 e. The van der Waals surface area contributed by atoms with Crippen LogP contribution in [0.25, 0.3) is 0 Å². The number of carbonyl (C=O) groups excluding carboxylic acids is 1. The number of anilines is 1. The first kappa shape index (κ1) is 16.8. The van der Waals surface area contributed by atoms with Crippen LogP contribution >= 0.6 is 11.5 Å². The van der Waals surface area contributed by atoms with Crippen LogP contribution in [0.3, 0.4) is 0 Å². The first-order valence-corrected chi connectivity index (χ1v) is 8.42. The fourth-order valence-corrected chi connectivity index (χ4v) is 3.45. The molecule has 2 amide bonds. The van der Waals surface area contributed by atoms with E-state index in [1.807, 2.05) is 30.6 Å².